The quantitative estimate of drug-likeness (QED) is 0.355. The van der Waals surface area contributed by atoms with Gasteiger partial charge < -0.3 is 5.73 Å². The molecule has 0 saturated heterocycles. The molecule has 2 nitrogen and oxygen atoms in total. The van der Waals surface area contributed by atoms with Gasteiger partial charge in [0, 0.05) is 15.6 Å². The molecule has 0 aliphatic rings. The van der Waals surface area contributed by atoms with Crippen molar-refractivity contribution < 1.29 is 4.79 Å². The molecule has 0 aliphatic heterocycles. The molecule has 0 spiro atoms. The zero-order valence-corrected chi connectivity index (χ0v) is 22.1. The molecule has 2 aromatic carbocycles. The maximum atomic E-state index is 11.7. The predicted octanol–water partition coefficient (Wildman–Crippen LogP) is 8.83. The molecule has 0 amide bonds. The van der Waals surface area contributed by atoms with Gasteiger partial charge in [0.2, 0.25) is 0 Å². The molecule has 0 fully saturated rings. The second kappa shape index (κ2) is 15.2. The van der Waals surface area contributed by atoms with E-state index < -0.39 is 0 Å². The van der Waals surface area contributed by atoms with E-state index in [4.69, 9.17) is 11.6 Å². The van der Waals surface area contributed by atoms with Gasteiger partial charge >= 0.3 is 0 Å². The van der Waals surface area contributed by atoms with E-state index in [9.17, 15) is 4.79 Å². The highest BCUT2D eigenvalue weighted by molar-refractivity contribution is 7.17. The van der Waals surface area contributed by atoms with Crippen LogP contribution in [0, 0.1) is 5.92 Å². The molecular weight excluding hydrogens is 434 g/mol. The predicted molar refractivity (Wildman–Crippen MR) is 144 cm³/mol. The highest BCUT2D eigenvalue weighted by Crippen LogP contribution is 2.35. The summed E-state index contributed by atoms with van der Waals surface area (Å²) in [4.78, 5) is 11.7. The van der Waals surface area contributed by atoms with Crippen molar-refractivity contribution in [2.45, 2.75) is 72.1 Å². The van der Waals surface area contributed by atoms with E-state index in [0.29, 0.717) is 5.92 Å². The number of Topliss-reactive ketones (excluding diaryl/α,β-unsaturated/α-hetero) is 1. The first-order valence-corrected chi connectivity index (χ1v) is 12.9. The van der Waals surface area contributed by atoms with Gasteiger partial charge in [0.05, 0.1) is 0 Å². The monoisotopic (exact) mass is 473 g/mol. The van der Waals surface area contributed by atoms with E-state index in [2.05, 4.69) is 63.1 Å². The van der Waals surface area contributed by atoms with Gasteiger partial charge in [-0.3, -0.25) is 4.79 Å². The van der Waals surface area contributed by atoms with Crippen molar-refractivity contribution >= 4 is 38.8 Å². The molecule has 0 aliphatic carbocycles. The molecule has 1 heterocycles. The first-order chi connectivity index (χ1) is 15.4. The molecule has 2 N–H and O–H groups in total. The number of hydrogen-bond acceptors (Lipinski definition) is 3. The summed E-state index contributed by atoms with van der Waals surface area (Å²) in [6, 6.07) is 16.6. The van der Waals surface area contributed by atoms with Crippen LogP contribution in [-0.4, -0.2) is 12.8 Å². The minimum atomic E-state index is 0.0381. The molecule has 0 radical (unpaired) electrons. The fraction of sp³-hybridized carbons (Fsp3) is 0.464. The Bertz CT molecular complexity index is 911. The van der Waals surface area contributed by atoms with Crippen LogP contribution in [0.1, 0.15) is 83.3 Å². The zero-order chi connectivity index (χ0) is 24.1. The Morgan fingerprint density at radius 2 is 1.53 bits per heavy atom. The molecule has 3 rings (SSSR count). The van der Waals surface area contributed by atoms with Crippen molar-refractivity contribution in [1.82, 2.24) is 0 Å². The van der Waals surface area contributed by atoms with Crippen molar-refractivity contribution in [3.05, 3.63) is 70.1 Å². The summed E-state index contributed by atoms with van der Waals surface area (Å²) in [5, 5.41) is 4.21. The number of thiophene rings is 1. The van der Waals surface area contributed by atoms with Crippen molar-refractivity contribution in [2.75, 3.05) is 7.05 Å². The zero-order valence-electron chi connectivity index (χ0n) is 20.5. The van der Waals surface area contributed by atoms with Gasteiger partial charge in [-0.1, -0.05) is 82.5 Å². The number of nitrogens with two attached hydrogens (primary N) is 1. The van der Waals surface area contributed by atoms with Gasteiger partial charge in [0.15, 0.2) is 0 Å². The standard InChI is InChI=1S/C14H16OS.C13H19Cl.CH5N/c1-9(2)14(10(3)15)12-8-16-13-7-5-4-6-11(12)13;1-3-5-11(6-4-2)12-7-9-13(14)10-8-12;1-2/h4-9,14H,1-3H3;7-11H,3-6H2,1-2H3;2H2,1H3. The highest BCUT2D eigenvalue weighted by Gasteiger charge is 2.23. The lowest BCUT2D eigenvalue weighted by molar-refractivity contribution is -0.119. The van der Waals surface area contributed by atoms with Crippen LogP contribution in [0.4, 0.5) is 0 Å². The second-order valence-electron chi connectivity index (χ2n) is 8.35. The smallest absolute Gasteiger partial charge is 0.137 e. The molecule has 4 heteroatoms. The Morgan fingerprint density at radius 3 is 2.03 bits per heavy atom. The number of carbonyl (C=O) groups excluding carboxylic acids is 1. The second-order valence-corrected chi connectivity index (χ2v) is 9.69. The summed E-state index contributed by atoms with van der Waals surface area (Å²) >= 11 is 7.60. The average molecular weight is 474 g/mol. The summed E-state index contributed by atoms with van der Waals surface area (Å²) in [5.74, 6) is 1.38. The van der Waals surface area contributed by atoms with E-state index in [0.717, 1.165) is 10.9 Å². The maximum Gasteiger partial charge on any atom is 0.137 e. The summed E-state index contributed by atoms with van der Waals surface area (Å²) in [6.45, 7) is 10.4. The third-order valence-electron chi connectivity index (χ3n) is 5.57. The first-order valence-electron chi connectivity index (χ1n) is 11.7. The van der Waals surface area contributed by atoms with E-state index in [1.54, 1.807) is 18.3 Å². The summed E-state index contributed by atoms with van der Waals surface area (Å²) in [6.07, 6.45) is 5.09. The average Bonchev–Trinajstić information content (AvgIpc) is 3.19. The number of rotatable bonds is 8. The Morgan fingerprint density at radius 1 is 0.969 bits per heavy atom. The summed E-state index contributed by atoms with van der Waals surface area (Å²) < 4.78 is 1.27. The van der Waals surface area contributed by atoms with Crippen LogP contribution >= 0.6 is 22.9 Å². The van der Waals surface area contributed by atoms with Crippen LogP contribution in [0.5, 0.6) is 0 Å². The van der Waals surface area contributed by atoms with E-state index >= 15 is 0 Å². The molecule has 1 atom stereocenters. The summed E-state index contributed by atoms with van der Waals surface area (Å²) in [7, 11) is 1.50. The largest absolute Gasteiger partial charge is 0.333 e. The van der Waals surface area contributed by atoms with E-state index in [-0.39, 0.29) is 11.7 Å². The Hall–Kier alpha value is -1.68. The number of carbonyl (C=O) groups is 1. The molecule has 0 bridgehead atoms. The highest BCUT2D eigenvalue weighted by atomic mass is 35.5. The van der Waals surface area contributed by atoms with Crippen molar-refractivity contribution in [2.24, 2.45) is 11.7 Å². The minimum Gasteiger partial charge on any atom is -0.333 e. The van der Waals surface area contributed by atoms with Crippen molar-refractivity contribution in [3.8, 4) is 0 Å². The van der Waals surface area contributed by atoms with Crippen LogP contribution in [0.15, 0.2) is 53.9 Å². The Kier molecular flexibility index (Phi) is 13.5. The van der Waals surface area contributed by atoms with Crippen LogP contribution in [0.3, 0.4) is 0 Å². The third-order valence-corrected chi connectivity index (χ3v) is 6.80. The van der Waals surface area contributed by atoms with E-state index in [1.165, 1.54) is 53.9 Å². The van der Waals surface area contributed by atoms with Crippen molar-refractivity contribution in [1.29, 1.82) is 0 Å². The normalized spacial score (nSPS) is 11.6. The fourth-order valence-corrected chi connectivity index (χ4v) is 5.32. The van der Waals surface area contributed by atoms with Crippen LogP contribution in [-0.2, 0) is 4.79 Å². The molecule has 1 aromatic heterocycles. The maximum absolute atomic E-state index is 11.7. The molecule has 176 valence electrons. The lowest BCUT2D eigenvalue weighted by atomic mass is 9.85. The third kappa shape index (κ3) is 8.35. The SMILES string of the molecule is CC(=O)C(c1csc2ccccc12)C(C)C.CCCC(CCC)c1ccc(Cl)cc1.CN. The van der Waals surface area contributed by atoms with Gasteiger partial charge in [-0.05, 0) is 78.7 Å². The Labute approximate surface area is 204 Å². The topological polar surface area (TPSA) is 43.1 Å². The minimum absolute atomic E-state index is 0.0381. The fourth-order valence-electron chi connectivity index (χ4n) is 4.20. The molecule has 32 heavy (non-hydrogen) atoms. The lowest BCUT2D eigenvalue weighted by Gasteiger charge is -2.17. The van der Waals surface area contributed by atoms with Crippen LogP contribution in [0.25, 0.3) is 10.1 Å². The molecule has 0 saturated carbocycles. The summed E-state index contributed by atoms with van der Waals surface area (Å²) in [5.41, 5.74) is 7.14. The van der Waals surface area contributed by atoms with Gasteiger partial charge in [-0.2, -0.15) is 0 Å². The number of fused-ring (bicyclic) bond motifs is 1. The molecular formula is C28H40ClNOS. The number of ketones is 1. The number of benzene rings is 2. The van der Waals surface area contributed by atoms with Gasteiger partial charge in [-0.25, -0.2) is 0 Å². The lowest BCUT2D eigenvalue weighted by Crippen LogP contribution is -2.14. The molecule has 1 unspecified atom stereocenters. The van der Waals surface area contributed by atoms with Crippen LogP contribution in [0.2, 0.25) is 5.02 Å². The van der Waals surface area contributed by atoms with Crippen molar-refractivity contribution in [3.63, 3.8) is 0 Å². The van der Waals surface area contributed by atoms with Gasteiger partial charge in [0.25, 0.3) is 0 Å². The number of hydrogen-bond donors (Lipinski definition) is 1. The Balaban J connectivity index is 0.000000300. The van der Waals surface area contributed by atoms with E-state index in [1.807, 2.05) is 24.3 Å². The van der Waals surface area contributed by atoms with Crippen LogP contribution < -0.4 is 5.73 Å². The van der Waals surface area contributed by atoms with Gasteiger partial charge in [0.1, 0.15) is 5.78 Å². The van der Waals surface area contributed by atoms with Gasteiger partial charge in [-0.15, -0.1) is 11.3 Å². The number of halogens is 1. The first kappa shape index (κ1) is 28.4. The molecule has 3 aromatic rings.